The van der Waals surface area contributed by atoms with Gasteiger partial charge in [0.05, 0.1) is 23.1 Å². The molecule has 1 aromatic carbocycles. The zero-order valence-electron chi connectivity index (χ0n) is 16.3. The van der Waals surface area contributed by atoms with E-state index in [4.69, 9.17) is 14.8 Å². The van der Waals surface area contributed by atoms with E-state index in [9.17, 15) is 4.79 Å². The molecule has 0 aliphatic heterocycles. The number of aromatic nitrogens is 3. The predicted molar refractivity (Wildman–Crippen MR) is 107 cm³/mol. The average molecular weight is 379 g/mol. The zero-order chi connectivity index (χ0) is 19.7. The van der Waals surface area contributed by atoms with Crippen molar-refractivity contribution in [3.8, 4) is 5.88 Å². The van der Waals surface area contributed by atoms with Gasteiger partial charge in [0.1, 0.15) is 11.9 Å². The fourth-order valence-electron chi connectivity index (χ4n) is 3.95. The smallest absolute Gasteiger partial charge is 0.306 e. The van der Waals surface area contributed by atoms with Crippen molar-refractivity contribution in [1.29, 1.82) is 0 Å². The lowest BCUT2D eigenvalue weighted by Crippen LogP contribution is -2.28. The number of rotatable bonds is 5. The number of carboxylic acid groups (broad SMARTS) is 1. The second-order valence-electron chi connectivity index (χ2n) is 7.69. The standard InChI is InChI=1S/C22H25N3O3/c1-14-4-3-5-15(10-14)11-20-24-18-12-21(23-13-19(18)25(20)2)28-17-8-6-16(7-9-17)22(26)27/h3-5,10,12-13,16-17H,6-9,11H2,1-2H3,(H,26,27). The zero-order valence-corrected chi connectivity index (χ0v) is 16.3. The number of nitrogens with zero attached hydrogens (tertiary/aromatic N) is 3. The van der Waals surface area contributed by atoms with Gasteiger partial charge < -0.3 is 14.4 Å². The molecule has 1 aliphatic carbocycles. The molecule has 2 aromatic heterocycles. The van der Waals surface area contributed by atoms with Gasteiger partial charge in [-0.05, 0) is 38.2 Å². The molecule has 1 N–H and O–H groups in total. The highest BCUT2D eigenvalue weighted by molar-refractivity contribution is 5.76. The van der Waals surface area contributed by atoms with E-state index in [2.05, 4.69) is 40.7 Å². The summed E-state index contributed by atoms with van der Waals surface area (Å²) in [6.45, 7) is 2.09. The van der Waals surface area contributed by atoms with E-state index in [-0.39, 0.29) is 12.0 Å². The van der Waals surface area contributed by atoms with Gasteiger partial charge in [0.2, 0.25) is 5.88 Å². The molecule has 0 atom stereocenters. The molecule has 28 heavy (non-hydrogen) atoms. The molecule has 6 heteroatoms. The minimum absolute atomic E-state index is 0.0241. The quantitative estimate of drug-likeness (QED) is 0.728. The highest BCUT2D eigenvalue weighted by Gasteiger charge is 2.27. The summed E-state index contributed by atoms with van der Waals surface area (Å²) >= 11 is 0. The molecule has 0 saturated heterocycles. The summed E-state index contributed by atoms with van der Waals surface area (Å²) < 4.78 is 8.10. The Hall–Kier alpha value is -2.89. The fourth-order valence-corrected chi connectivity index (χ4v) is 3.95. The van der Waals surface area contributed by atoms with Crippen LogP contribution in [-0.2, 0) is 18.3 Å². The van der Waals surface area contributed by atoms with Crippen molar-refractivity contribution in [3.05, 3.63) is 53.5 Å². The van der Waals surface area contributed by atoms with E-state index in [0.717, 1.165) is 36.1 Å². The molecule has 2 heterocycles. The molecule has 0 radical (unpaired) electrons. The van der Waals surface area contributed by atoms with Gasteiger partial charge in [-0.1, -0.05) is 29.8 Å². The molecule has 0 spiro atoms. The lowest BCUT2D eigenvalue weighted by molar-refractivity contribution is -0.143. The Kier molecular flexibility index (Phi) is 5.03. The number of aliphatic carboxylic acids is 1. The van der Waals surface area contributed by atoms with Gasteiger partial charge in [0.15, 0.2) is 0 Å². The first kappa shape index (κ1) is 18.5. The van der Waals surface area contributed by atoms with Crippen LogP contribution in [0.5, 0.6) is 5.88 Å². The summed E-state index contributed by atoms with van der Waals surface area (Å²) in [5.74, 6) is 0.607. The van der Waals surface area contributed by atoms with Crippen LogP contribution in [-0.4, -0.2) is 31.7 Å². The monoisotopic (exact) mass is 379 g/mol. The number of carboxylic acids is 1. The van der Waals surface area contributed by atoms with Crippen molar-refractivity contribution < 1.29 is 14.6 Å². The predicted octanol–water partition coefficient (Wildman–Crippen LogP) is 3.89. The van der Waals surface area contributed by atoms with Gasteiger partial charge in [-0.3, -0.25) is 4.79 Å². The van der Waals surface area contributed by atoms with E-state index in [0.29, 0.717) is 18.7 Å². The number of hydrogen-bond donors (Lipinski definition) is 1. The molecule has 1 fully saturated rings. The Morgan fingerprint density at radius 2 is 2.04 bits per heavy atom. The molecular weight excluding hydrogens is 354 g/mol. The summed E-state index contributed by atoms with van der Waals surface area (Å²) in [5.41, 5.74) is 4.32. The summed E-state index contributed by atoms with van der Waals surface area (Å²) in [6, 6.07) is 10.3. The first-order valence-corrected chi connectivity index (χ1v) is 9.76. The van der Waals surface area contributed by atoms with Crippen molar-refractivity contribution in [2.75, 3.05) is 0 Å². The third kappa shape index (κ3) is 3.86. The molecule has 0 bridgehead atoms. The second kappa shape index (κ2) is 7.62. The number of aryl methyl sites for hydroxylation is 2. The summed E-state index contributed by atoms with van der Waals surface area (Å²) in [6.07, 6.45) is 5.41. The first-order valence-electron chi connectivity index (χ1n) is 9.76. The number of ether oxygens (including phenoxy) is 1. The topological polar surface area (TPSA) is 77.2 Å². The molecule has 3 aromatic rings. The summed E-state index contributed by atoms with van der Waals surface area (Å²) in [5, 5.41) is 9.12. The lowest BCUT2D eigenvalue weighted by atomic mass is 9.87. The third-order valence-electron chi connectivity index (χ3n) is 5.59. The lowest BCUT2D eigenvalue weighted by Gasteiger charge is -2.26. The minimum atomic E-state index is -0.701. The highest BCUT2D eigenvalue weighted by Crippen LogP contribution is 2.28. The van der Waals surface area contributed by atoms with Gasteiger partial charge >= 0.3 is 5.97 Å². The Balaban J connectivity index is 1.49. The van der Waals surface area contributed by atoms with Gasteiger partial charge in [-0.25, -0.2) is 9.97 Å². The third-order valence-corrected chi connectivity index (χ3v) is 5.59. The number of carbonyl (C=O) groups is 1. The van der Waals surface area contributed by atoms with Gasteiger partial charge in [-0.2, -0.15) is 0 Å². The largest absolute Gasteiger partial charge is 0.481 e. The number of imidazole rings is 1. The summed E-state index contributed by atoms with van der Waals surface area (Å²) in [7, 11) is 2.01. The number of hydrogen-bond acceptors (Lipinski definition) is 4. The van der Waals surface area contributed by atoms with Gasteiger partial charge in [0, 0.05) is 19.5 Å². The first-order chi connectivity index (χ1) is 13.5. The van der Waals surface area contributed by atoms with Crippen LogP contribution in [0.1, 0.15) is 42.6 Å². The van der Waals surface area contributed by atoms with Crippen LogP contribution >= 0.6 is 0 Å². The van der Waals surface area contributed by atoms with E-state index >= 15 is 0 Å². The molecule has 0 amide bonds. The maximum Gasteiger partial charge on any atom is 0.306 e. The minimum Gasteiger partial charge on any atom is -0.481 e. The number of fused-ring (bicyclic) bond motifs is 1. The molecule has 146 valence electrons. The van der Waals surface area contributed by atoms with Crippen molar-refractivity contribution in [3.63, 3.8) is 0 Å². The van der Waals surface area contributed by atoms with Gasteiger partial charge in [0.25, 0.3) is 0 Å². The fraction of sp³-hybridized carbons (Fsp3) is 0.409. The molecule has 0 unspecified atom stereocenters. The van der Waals surface area contributed by atoms with Crippen LogP contribution in [0.15, 0.2) is 36.5 Å². The van der Waals surface area contributed by atoms with Gasteiger partial charge in [-0.15, -0.1) is 0 Å². The van der Waals surface area contributed by atoms with E-state index in [1.54, 1.807) is 6.20 Å². The maximum absolute atomic E-state index is 11.1. The SMILES string of the molecule is Cc1cccc(Cc2nc3cc(OC4CCC(C(=O)O)CC4)ncc3n2C)c1. The molecule has 4 rings (SSSR count). The van der Waals surface area contributed by atoms with Crippen LogP contribution in [0.3, 0.4) is 0 Å². The highest BCUT2D eigenvalue weighted by atomic mass is 16.5. The van der Waals surface area contributed by atoms with E-state index < -0.39 is 5.97 Å². The van der Waals surface area contributed by atoms with Crippen LogP contribution in [0, 0.1) is 12.8 Å². The van der Waals surface area contributed by atoms with Crippen molar-refractivity contribution in [2.45, 2.75) is 45.1 Å². The van der Waals surface area contributed by atoms with Crippen LogP contribution in [0.25, 0.3) is 11.0 Å². The summed E-state index contributed by atoms with van der Waals surface area (Å²) in [4.78, 5) is 20.3. The van der Waals surface area contributed by atoms with Crippen LogP contribution in [0.4, 0.5) is 0 Å². The molecular formula is C22H25N3O3. The van der Waals surface area contributed by atoms with Crippen molar-refractivity contribution in [2.24, 2.45) is 13.0 Å². The van der Waals surface area contributed by atoms with E-state index in [1.807, 2.05) is 13.1 Å². The molecule has 6 nitrogen and oxygen atoms in total. The van der Waals surface area contributed by atoms with Crippen molar-refractivity contribution >= 4 is 17.0 Å². The number of benzene rings is 1. The van der Waals surface area contributed by atoms with Crippen LogP contribution in [0.2, 0.25) is 0 Å². The number of pyridine rings is 1. The second-order valence-corrected chi connectivity index (χ2v) is 7.69. The molecule has 1 aliphatic rings. The Morgan fingerprint density at radius 1 is 1.25 bits per heavy atom. The average Bonchev–Trinajstić information content (AvgIpc) is 2.97. The van der Waals surface area contributed by atoms with Crippen molar-refractivity contribution in [1.82, 2.24) is 14.5 Å². The Morgan fingerprint density at radius 3 is 2.75 bits per heavy atom. The van der Waals surface area contributed by atoms with E-state index in [1.165, 1.54) is 11.1 Å². The molecule has 1 saturated carbocycles. The van der Waals surface area contributed by atoms with Crippen LogP contribution < -0.4 is 4.74 Å². The maximum atomic E-state index is 11.1. The normalized spacial score (nSPS) is 19.6. The Labute approximate surface area is 164 Å². The Bertz CT molecular complexity index is 1000.